The molecule has 0 atom stereocenters. The van der Waals surface area contributed by atoms with Crippen molar-refractivity contribution in [3.63, 3.8) is 0 Å². The summed E-state index contributed by atoms with van der Waals surface area (Å²) < 4.78 is 27.0. The summed E-state index contributed by atoms with van der Waals surface area (Å²) in [5, 5.41) is 0.00740. The van der Waals surface area contributed by atoms with Crippen molar-refractivity contribution >= 4 is 15.7 Å². The molecule has 1 aromatic heterocycles. The second kappa shape index (κ2) is 6.29. The van der Waals surface area contributed by atoms with Crippen molar-refractivity contribution in [2.45, 2.75) is 44.6 Å². The van der Waals surface area contributed by atoms with Crippen LogP contribution in [0.3, 0.4) is 0 Å². The van der Waals surface area contributed by atoms with Gasteiger partial charge in [0.1, 0.15) is 0 Å². The summed E-state index contributed by atoms with van der Waals surface area (Å²) in [6.45, 7) is 5.46. The summed E-state index contributed by atoms with van der Waals surface area (Å²) in [5.41, 5.74) is 3.03. The van der Waals surface area contributed by atoms with E-state index in [0.29, 0.717) is 18.8 Å². The monoisotopic (exact) mass is 312 g/mol. The highest BCUT2D eigenvalue weighted by atomic mass is 32.2. The van der Waals surface area contributed by atoms with Gasteiger partial charge in [-0.15, -0.1) is 0 Å². The largest absolute Gasteiger partial charge is 0.321 e. The van der Waals surface area contributed by atoms with Crippen LogP contribution >= 0.6 is 0 Å². The number of nitrogens with one attached hydrogen (secondary N) is 1. The molecule has 3 N–H and O–H groups in total. The van der Waals surface area contributed by atoms with E-state index in [-0.39, 0.29) is 10.4 Å². The molecule has 1 aromatic rings. The topological polar surface area (TPSA) is 88.3 Å². The molecule has 7 heteroatoms. The number of sulfonamides is 1. The minimum Gasteiger partial charge on any atom is -0.321 e. The molecule has 21 heavy (non-hydrogen) atoms. The summed E-state index contributed by atoms with van der Waals surface area (Å²) in [6.07, 6.45) is 5.46. The minimum absolute atomic E-state index is 0.00740. The van der Waals surface area contributed by atoms with Gasteiger partial charge < -0.3 is 5.43 Å². The Kier molecular flexibility index (Phi) is 4.85. The minimum atomic E-state index is -3.59. The second-order valence-electron chi connectivity index (χ2n) is 5.61. The Hall–Kier alpha value is -1.18. The van der Waals surface area contributed by atoms with Crippen LogP contribution in [0.4, 0.5) is 5.69 Å². The van der Waals surface area contributed by atoms with E-state index >= 15 is 0 Å². The number of nitrogens with zero attached hydrogens (tertiary/aromatic N) is 2. The van der Waals surface area contributed by atoms with Crippen molar-refractivity contribution in [3.8, 4) is 0 Å². The molecule has 0 aliphatic carbocycles. The Morgan fingerprint density at radius 2 is 1.95 bits per heavy atom. The fourth-order valence-corrected chi connectivity index (χ4v) is 4.49. The van der Waals surface area contributed by atoms with E-state index in [9.17, 15) is 8.42 Å². The highest BCUT2D eigenvalue weighted by Gasteiger charge is 2.37. The zero-order valence-corrected chi connectivity index (χ0v) is 13.5. The van der Waals surface area contributed by atoms with Gasteiger partial charge in [-0.3, -0.25) is 5.84 Å². The number of nitrogen functional groups attached to an aromatic ring is 1. The van der Waals surface area contributed by atoms with Crippen LogP contribution in [-0.4, -0.2) is 30.8 Å². The van der Waals surface area contributed by atoms with E-state index in [2.05, 4.69) is 24.3 Å². The van der Waals surface area contributed by atoms with Crippen molar-refractivity contribution in [3.05, 3.63) is 18.3 Å². The number of anilines is 1. The van der Waals surface area contributed by atoms with Crippen LogP contribution in [0.15, 0.2) is 23.4 Å². The normalized spacial score (nSPS) is 19.4. The first-order valence-corrected chi connectivity index (χ1v) is 8.85. The number of hydrazine groups is 1. The number of hydrogen-bond acceptors (Lipinski definition) is 5. The van der Waals surface area contributed by atoms with Crippen molar-refractivity contribution in [2.24, 2.45) is 11.3 Å². The van der Waals surface area contributed by atoms with Gasteiger partial charge in [0.2, 0.25) is 0 Å². The number of rotatable bonds is 5. The van der Waals surface area contributed by atoms with Crippen LogP contribution in [-0.2, 0) is 10.0 Å². The zero-order chi connectivity index (χ0) is 15.5. The van der Waals surface area contributed by atoms with Gasteiger partial charge in [-0.2, -0.15) is 4.31 Å². The maximum Gasteiger partial charge on any atom is 0.262 e. The quantitative estimate of drug-likeness (QED) is 0.641. The molecule has 0 aromatic carbocycles. The lowest BCUT2D eigenvalue weighted by Gasteiger charge is -2.40. The third kappa shape index (κ3) is 3.04. The van der Waals surface area contributed by atoms with Crippen LogP contribution in [0.1, 0.15) is 39.5 Å². The molecule has 0 bridgehead atoms. The lowest BCUT2D eigenvalue weighted by molar-refractivity contribution is 0.141. The Morgan fingerprint density at radius 1 is 1.33 bits per heavy atom. The third-order valence-corrected chi connectivity index (χ3v) is 6.65. The fourth-order valence-electron chi connectivity index (χ4n) is 2.99. The van der Waals surface area contributed by atoms with Crippen LogP contribution in [0.2, 0.25) is 0 Å². The van der Waals surface area contributed by atoms with E-state index < -0.39 is 10.0 Å². The predicted octanol–water partition coefficient (Wildman–Crippen LogP) is 1.96. The molecule has 118 valence electrons. The number of piperidine rings is 1. The fraction of sp³-hybridized carbons (Fsp3) is 0.643. The van der Waals surface area contributed by atoms with Crippen molar-refractivity contribution in [1.82, 2.24) is 9.29 Å². The molecule has 2 rings (SSSR count). The van der Waals surface area contributed by atoms with Gasteiger partial charge in [0.25, 0.3) is 10.0 Å². The van der Waals surface area contributed by atoms with Gasteiger partial charge in [0.15, 0.2) is 5.03 Å². The van der Waals surface area contributed by atoms with Gasteiger partial charge in [-0.25, -0.2) is 13.4 Å². The molecule has 2 heterocycles. The molecule has 0 radical (unpaired) electrons. The lowest BCUT2D eigenvalue weighted by atomic mass is 9.75. The molecule has 6 nitrogen and oxygen atoms in total. The molecule has 0 unspecified atom stereocenters. The molecular formula is C14H24N4O2S. The Bertz CT molecular complexity index is 574. The van der Waals surface area contributed by atoms with Crippen LogP contribution in [0.25, 0.3) is 0 Å². The molecule has 1 fully saturated rings. The summed E-state index contributed by atoms with van der Waals surface area (Å²) in [5.74, 6) is 5.39. The SMILES string of the molecule is CCC1(CC)CCN(S(=O)(=O)c2ncccc2NN)CC1. The Labute approximate surface area is 126 Å². The van der Waals surface area contributed by atoms with E-state index in [1.54, 1.807) is 12.1 Å². The average molecular weight is 312 g/mol. The van der Waals surface area contributed by atoms with E-state index in [0.717, 1.165) is 25.7 Å². The van der Waals surface area contributed by atoms with Crippen molar-refractivity contribution in [2.75, 3.05) is 18.5 Å². The zero-order valence-electron chi connectivity index (χ0n) is 12.7. The van der Waals surface area contributed by atoms with Crippen molar-refractivity contribution in [1.29, 1.82) is 0 Å². The molecule has 1 saturated heterocycles. The highest BCUT2D eigenvalue weighted by Crippen LogP contribution is 2.39. The lowest BCUT2D eigenvalue weighted by Crippen LogP contribution is -2.43. The molecule has 0 saturated carbocycles. The molecule has 1 aliphatic heterocycles. The smallest absolute Gasteiger partial charge is 0.262 e. The van der Waals surface area contributed by atoms with E-state index in [4.69, 9.17) is 5.84 Å². The number of nitrogens with two attached hydrogens (primary N) is 1. The van der Waals surface area contributed by atoms with Crippen LogP contribution in [0.5, 0.6) is 0 Å². The molecular weight excluding hydrogens is 288 g/mol. The van der Waals surface area contributed by atoms with Gasteiger partial charge in [-0.05, 0) is 30.4 Å². The molecule has 1 aliphatic rings. The predicted molar refractivity (Wildman–Crippen MR) is 83.1 cm³/mol. The summed E-state index contributed by atoms with van der Waals surface area (Å²) >= 11 is 0. The molecule has 0 spiro atoms. The third-order valence-electron chi connectivity index (χ3n) is 4.79. The highest BCUT2D eigenvalue weighted by molar-refractivity contribution is 7.89. The van der Waals surface area contributed by atoms with E-state index in [1.165, 1.54) is 10.5 Å². The Morgan fingerprint density at radius 3 is 2.48 bits per heavy atom. The molecule has 0 amide bonds. The number of hydrogen-bond donors (Lipinski definition) is 2. The van der Waals surface area contributed by atoms with Gasteiger partial charge in [-0.1, -0.05) is 26.7 Å². The van der Waals surface area contributed by atoms with Crippen LogP contribution in [0, 0.1) is 5.41 Å². The van der Waals surface area contributed by atoms with Gasteiger partial charge in [0, 0.05) is 19.3 Å². The first kappa shape index (κ1) is 16.2. The van der Waals surface area contributed by atoms with Crippen molar-refractivity contribution < 1.29 is 8.42 Å². The second-order valence-corrected chi connectivity index (χ2v) is 7.46. The van der Waals surface area contributed by atoms with Gasteiger partial charge >= 0.3 is 0 Å². The summed E-state index contributed by atoms with van der Waals surface area (Å²) in [4.78, 5) is 4.00. The van der Waals surface area contributed by atoms with Crippen LogP contribution < -0.4 is 11.3 Å². The Balaban J connectivity index is 2.23. The standard InChI is InChI=1S/C14H24N4O2S/c1-3-14(4-2)7-10-18(11-8-14)21(19,20)13-12(17-15)6-5-9-16-13/h5-6,9,17H,3-4,7-8,10-11,15H2,1-2H3. The first-order chi connectivity index (χ1) is 9.99. The first-order valence-electron chi connectivity index (χ1n) is 7.41. The van der Waals surface area contributed by atoms with Gasteiger partial charge in [0.05, 0.1) is 5.69 Å². The maximum atomic E-state index is 12.7. The number of pyridine rings is 1. The number of aromatic nitrogens is 1. The summed E-state index contributed by atoms with van der Waals surface area (Å²) in [7, 11) is -3.59. The summed E-state index contributed by atoms with van der Waals surface area (Å²) in [6, 6.07) is 3.27. The van der Waals surface area contributed by atoms with E-state index in [1.807, 2.05) is 0 Å². The average Bonchev–Trinajstić information content (AvgIpc) is 2.54. The maximum absolute atomic E-state index is 12.7.